The maximum absolute atomic E-state index is 12.8. The molecule has 0 aliphatic carbocycles. The predicted molar refractivity (Wildman–Crippen MR) is 124 cm³/mol. The van der Waals surface area contributed by atoms with Crippen LogP contribution >= 0.6 is 11.3 Å². The smallest absolute Gasteiger partial charge is 0.308 e. The fourth-order valence-electron chi connectivity index (χ4n) is 4.57. The first kappa shape index (κ1) is 21.4. The molecule has 1 aromatic heterocycles. The van der Waals surface area contributed by atoms with Gasteiger partial charge in [0.05, 0.1) is 15.1 Å². The van der Waals surface area contributed by atoms with Crippen molar-refractivity contribution in [1.82, 2.24) is 13.8 Å². The van der Waals surface area contributed by atoms with Crippen molar-refractivity contribution < 1.29 is 13.2 Å². The number of amides is 1. The van der Waals surface area contributed by atoms with Crippen molar-refractivity contribution in [2.45, 2.75) is 43.7 Å². The minimum absolute atomic E-state index is 0.0268. The molecule has 1 amide bonds. The molecule has 2 aliphatic rings. The number of sulfonamides is 1. The Balaban J connectivity index is 1.32. The molecule has 0 unspecified atom stereocenters. The van der Waals surface area contributed by atoms with Crippen LogP contribution < -0.4 is 4.87 Å². The number of aryl methyl sites for hydroxylation is 1. The van der Waals surface area contributed by atoms with Crippen molar-refractivity contribution in [3.8, 4) is 0 Å². The van der Waals surface area contributed by atoms with E-state index in [9.17, 15) is 18.0 Å². The lowest BCUT2D eigenvalue weighted by atomic mass is 10.00. The lowest BCUT2D eigenvalue weighted by Crippen LogP contribution is -2.36. The van der Waals surface area contributed by atoms with Crippen molar-refractivity contribution in [3.05, 3.63) is 63.3 Å². The standard InChI is InChI=1S/C23H25N3O4S2/c27-22(24-13-9-17-5-1-2-6-18(17)16-24)10-14-26-20-8-7-19(15-21(20)31-23(26)28)32(29,30)25-11-3-4-12-25/h1-2,5-8,15H,3-4,9-14,16H2. The van der Waals surface area contributed by atoms with Crippen LogP contribution in [0.4, 0.5) is 0 Å². The van der Waals surface area contributed by atoms with E-state index in [2.05, 4.69) is 12.1 Å². The summed E-state index contributed by atoms with van der Waals surface area (Å²) in [5.74, 6) is 0.0268. The van der Waals surface area contributed by atoms with E-state index in [0.29, 0.717) is 36.4 Å². The van der Waals surface area contributed by atoms with E-state index >= 15 is 0 Å². The molecular weight excluding hydrogens is 446 g/mol. The van der Waals surface area contributed by atoms with Gasteiger partial charge in [0.25, 0.3) is 0 Å². The number of carbonyl (C=O) groups excluding carboxylic acids is 1. The van der Waals surface area contributed by atoms with E-state index in [1.165, 1.54) is 15.4 Å². The number of rotatable bonds is 5. The Morgan fingerprint density at radius 1 is 1.00 bits per heavy atom. The summed E-state index contributed by atoms with van der Waals surface area (Å²) in [5.41, 5.74) is 3.14. The first-order chi connectivity index (χ1) is 15.4. The van der Waals surface area contributed by atoms with Crippen LogP contribution in [0.1, 0.15) is 30.4 Å². The lowest BCUT2D eigenvalue weighted by Gasteiger charge is -2.29. The molecule has 3 heterocycles. The van der Waals surface area contributed by atoms with E-state index in [4.69, 9.17) is 0 Å². The number of benzene rings is 2. The van der Waals surface area contributed by atoms with Crippen molar-refractivity contribution in [2.75, 3.05) is 19.6 Å². The van der Waals surface area contributed by atoms with Crippen LogP contribution in [0.15, 0.2) is 52.2 Å². The van der Waals surface area contributed by atoms with Crippen LogP contribution in [0.5, 0.6) is 0 Å². The fraction of sp³-hybridized carbons (Fsp3) is 0.391. The van der Waals surface area contributed by atoms with Gasteiger partial charge in [0, 0.05) is 39.1 Å². The first-order valence-corrected chi connectivity index (χ1v) is 13.2. The van der Waals surface area contributed by atoms with E-state index in [1.54, 1.807) is 22.8 Å². The van der Waals surface area contributed by atoms with E-state index in [-0.39, 0.29) is 28.6 Å². The Morgan fingerprint density at radius 2 is 1.75 bits per heavy atom. The summed E-state index contributed by atoms with van der Waals surface area (Å²) in [5, 5.41) is 0. The van der Waals surface area contributed by atoms with Gasteiger partial charge in [-0.3, -0.25) is 14.2 Å². The average molecular weight is 472 g/mol. The highest BCUT2D eigenvalue weighted by Crippen LogP contribution is 2.26. The van der Waals surface area contributed by atoms with Gasteiger partial charge in [0.1, 0.15) is 0 Å². The molecule has 2 aliphatic heterocycles. The molecule has 0 spiro atoms. The van der Waals surface area contributed by atoms with Gasteiger partial charge in [-0.15, -0.1) is 0 Å². The third-order valence-corrected chi connectivity index (χ3v) is 9.21. The van der Waals surface area contributed by atoms with Crippen LogP contribution in [-0.4, -0.2) is 47.7 Å². The maximum Gasteiger partial charge on any atom is 0.308 e. The highest BCUT2D eigenvalue weighted by Gasteiger charge is 2.28. The summed E-state index contributed by atoms with van der Waals surface area (Å²) in [4.78, 5) is 27.3. The molecule has 32 heavy (non-hydrogen) atoms. The zero-order chi connectivity index (χ0) is 22.3. The Bertz CT molecular complexity index is 1340. The quantitative estimate of drug-likeness (QED) is 0.573. The number of hydrogen-bond acceptors (Lipinski definition) is 5. The molecule has 2 aromatic carbocycles. The summed E-state index contributed by atoms with van der Waals surface area (Å²) in [7, 11) is -3.53. The van der Waals surface area contributed by atoms with Crippen LogP contribution in [0.2, 0.25) is 0 Å². The van der Waals surface area contributed by atoms with E-state index in [1.807, 2.05) is 17.0 Å². The molecule has 1 fully saturated rings. The molecular formula is C23H25N3O4S2. The monoisotopic (exact) mass is 471 g/mol. The Morgan fingerprint density at radius 3 is 2.53 bits per heavy atom. The number of fused-ring (bicyclic) bond motifs is 2. The zero-order valence-electron chi connectivity index (χ0n) is 17.7. The van der Waals surface area contributed by atoms with Gasteiger partial charge >= 0.3 is 4.87 Å². The molecule has 0 N–H and O–H groups in total. The second-order valence-corrected chi connectivity index (χ2v) is 11.3. The van der Waals surface area contributed by atoms with Gasteiger partial charge in [0.15, 0.2) is 0 Å². The van der Waals surface area contributed by atoms with Crippen LogP contribution in [-0.2, 0) is 34.3 Å². The molecule has 0 saturated carbocycles. The number of thiazole rings is 1. The van der Waals surface area contributed by atoms with E-state index in [0.717, 1.165) is 30.6 Å². The number of aromatic nitrogens is 1. The van der Waals surface area contributed by atoms with Gasteiger partial charge in [-0.1, -0.05) is 35.6 Å². The summed E-state index contributed by atoms with van der Waals surface area (Å²) in [6, 6.07) is 13.0. The molecule has 0 atom stereocenters. The molecule has 7 nitrogen and oxygen atoms in total. The van der Waals surface area contributed by atoms with Gasteiger partial charge in [-0.05, 0) is 48.6 Å². The first-order valence-electron chi connectivity index (χ1n) is 10.9. The normalized spacial score (nSPS) is 17.1. The second kappa shape index (κ2) is 8.46. The summed E-state index contributed by atoms with van der Waals surface area (Å²) < 4.78 is 29.4. The van der Waals surface area contributed by atoms with Crippen molar-refractivity contribution in [2.24, 2.45) is 0 Å². The van der Waals surface area contributed by atoms with Crippen LogP contribution in [0.3, 0.4) is 0 Å². The van der Waals surface area contributed by atoms with E-state index < -0.39 is 10.0 Å². The second-order valence-electron chi connectivity index (χ2n) is 8.34. The van der Waals surface area contributed by atoms with Gasteiger partial charge < -0.3 is 4.90 Å². The summed E-state index contributed by atoms with van der Waals surface area (Å²) >= 11 is 1.03. The molecule has 5 rings (SSSR count). The molecule has 1 saturated heterocycles. The highest BCUT2D eigenvalue weighted by molar-refractivity contribution is 7.89. The topological polar surface area (TPSA) is 79.7 Å². The largest absolute Gasteiger partial charge is 0.338 e. The number of carbonyl (C=O) groups is 1. The minimum atomic E-state index is -3.53. The Labute approximate surface area is 190 Å². The maximum atomic E-state index is 12.8. The van der Waals surface area contributed by atoms with Crippen molar-refractivity contribution >= 4 is 37.5 Å². The van der Waals surface area contributed by atoms with Crippen LogP contribution in [0, 0.1) is 0 Å². The summed E-state index contributed by atoms with van der Waals surface area (Å²) in [6.45, 7) is 2.66. The van der Waals surface area contributed by atoms with Crippen LogP contribution in [0.25, 0.3) is 10.2 Å². The Hall–Kier alpha value is -2.49. The minimum Gasteiger partial charge on any atom is -0.338 e. The van der Waals surface area contributed by atoms with Gasteiger partial charge in [-0.25, -0.2) is 8.42 Å². The zero-order valence-corrected chi connectivity index (χ0v) is 19.3. The Kier molecular flexibility index (Phi) is 5.65. The summed E-state index contributed by atoms with van der Waals surface area (Å²) in [6.07, 6.45) is 2.84. The van der Waals surface area contributed by atoms with Gasteiger partial charge in [0.2, 0.25) is 15.9 Å². The lowest BCUT2D eigenvalue weighted by molar-refractivity contribution is -0.132. The molecule has 0 radical (unpaired) electrons. The van der Waals surface area contributed by atoms with Crippen molar-refractivity contribution in [1.29, 1.82) is 0 Å². The molecule has 9 heteroatoms. The molecule has 0 bridgehead atoms. The number of nitrogens with zero attached hydrogens (tertiary/aromatic N) is 3. The SMILES string of the molecule is O=C(CCn1c(=O)sc2cc(S(=O)(=O)N3CCCC3)ccc21)N1CCc2ccccc2C1. The molecule has 3 aromatic rings. The third-order valence-electron chi connectivity index (χ3n) is 6.38. The van der Waals surface area contributed by atoms with Crippen molar-refractivity contribution in [3.63, 3.8) is 0 Å². The highest BCUT2D eigenvalue weighted by atomic mass is 32.2. The average Bonchev–Trinajstić information content (AvgIpc) is 3.45. The third kappa shape index (κ3) is 3.89. The molecule has 168 valence electrons. The predicted octanol–water partition coefficient (Wildman–Crippen LogP) is 2.82. The van der Waals surface area contributed by atoms with Gasteiger partial charge in [-0.2, -0.15) is 4.31 Å². The number of hydrogen-bond donors (Lipinski definition) is 0. The fourth-order valence-corrected chi connectivity index (χ4v) is 7.15.